The van der Waals surface area contributed by atoms with Crippen molar-refractivity contribution in [2.75, 3.05) is 17.5 Å². The van der Waals surface area contributed by atoms with Gasteiger partial charge in [-0.3, -0.25) is 9.10 Å². The highest BCUT2D eigenvalue weighted by molar-refractivity contribution is 9.10. The Morgan fingerprint density at radius 1 is 1.09 bits per heavy atom. The maximum Gasteiger partial charge on any atom is 0.285 e. The van der Waals surface area contributed by atoms with Crippen molar-refractivity contribution >= 4 is 54.1 Å². The number of aromatic nitrogens is 1. The Hall–Kier alpha value is -3.70. The van der Waals surface area contributed by atoms with Crippen LogP contribution in [0.5, 0.6) is 11.6 Å². The number of H-pyrrole nitrogens is 1. The number of nitrogens with one attached hydrogen (secondary N) is 1. The Bertz CT molecular complexity index is 1490. The van der Waals surface area contributed by atoms with E-state index in [2.05, 4.69) is 31.1 Å². The number of fused-ring (bicyclic) bond motifs is 1. The summed E-state index contributed by atoms with van der Waals surface area (Å²) in [4.78, 5) is 15.5. The number of rotatable bonds is 8. The molecule has 0 saturated heterocycles. The number of anilines is 1. The van der Waals surface area contributed by atoms with Gasteiger partial charge in [0.15, 0.2) is 5.69 Å². The lowest BCUT2D eigenvalue weighted by Crippen LogP contribution is -2.35. The maximum absolute atomic E-state index is 13.4. The minimum atomic E-state index is -4.11. The van der Waals surface area contributed by atoms with E-state index in [0.29, 0.717) is 28.9 Å². The van der Waals surface area contributed by atoms with Crippen molar-refractivity contribution in [2.24, 2.45) is 10.2 Å². The second-order valence-electron chi connectivity index (χ2n) is 7.36. The number of carbonyl (C=O) groups excluding carboxylic acids is 1. The van der Waals surface area contributed by atoms with Crippen LogP contribution in [-0.2, 0) is 14.8 Å². The molecule has 1 amide bonds. The van der Waals surface area contributed by atoms with Crippen molar-refractivity contribution in [1.82, 2.24) is 4.98 Å². The number of benzene rings is 3. The first-order valence-electron chi connectivity index (χ1n) is 10.5. The molecule has 0 aliphatic carbocycles. The largest absolute Gasteiger partial charge is 0.494 e. The van der Waals surface area contributed by atoms with Crippen LogP contribution in [0.4, 0.5) is 11.4 Å². The van der Waals surface area contributed by atoms with Crippen LogP contribution < -0.4 is 9.04 Å². The predicted molar refractivity (Wildman–Crippen MR) is 136 cm³/mol. The van der Waals surface area contributed by atoms with Crippen LogP contribution >= 0.6 is 15.9 Å². The van der Waals surface area contributed by atoms with Gasteiger partial charge >= 0.3 is 0 Å². The van der Waals surface area contributed by atoms with Gasteiger partial charge in [0.2, 0.25) is 5.88 Å². The van der Waals surface area contributed by atoms with E-state index in [9.17, 15) is 18.3 Å². The van der Waals surface area contributed by atoms with Gasteiger partial charge in [0, 0.05) is 9.86 Å². The molecule has 11 heteroatoms. The molecule has 0 bridgehead atoms. The average molecular weight is 557 g/mol. The highest BCUT2D eigenvalue weighted by Crippen LogP contribution is 2.37. The molecule has 0 aliphatic rings. The molecule has 1 aromatic heterocycles. The summed E-state index contributed by atoms with van der Waals surface area (Å²) < 4.78 is 34.0. The molecule has 4 aromatic rings. The average Bonchev–Trinajstić information content (AvgIpc) is 3.16. The molecule has 3 aromatic carbocycles. The lowest BCUT2D eigenvalue weighted by molar-refractivity contribution is -0.116. The first kappa shape index (κ1) is 24.4. The highest BCUT2D eigenvalue weighted by atomic mass is 79.9. The van der Waals surface area contributed by atoms with Crippen molar-refractivity contribution < 1.29 is 23.1 Å². The number of hydrogen-bond donors (Lipinski definition) is 2. The van der Waals surface area contributed by atoms with Crippen molar-refractivity contribution in [3.63, 3.8) is 0 Å². The number of carbonyl (C=O) groups is 1. The smallest absolute Gasteiger partial charge is 0.285 e. The van der Waals surface area contributed by atoms with Crippen LogP contribution in [0.1, 0.15) is 6.92 Å². The number of hydrogen-bond acceptors (Lipinski definition) is 6. The van der Waals surface area contributed by atoms with E-state index in [-0.39, 0.29) is 16.5 Å². The summed E-state index contributed by atoms with van der Waals surface area (Å²) in [6.07, 6.45) is 0. The summed E-state index contributed by atoms with van der Waals surface area (Å²) >= 11 is 3.36. The Morgan fingerprint density at radius 2 is 1.80 bits per heavy atom. The monoisotopic (exact) mass is 556 g/mol. The van der Waals surface area contributed by atoms with Crippen LogP contribution in [0.2, 0.25) is 0 Å². The van der Waals surface area contributed by atoms with Gasteiger partial charge < -0.3 is 14.8 Å². The quantitative estimate of drug-likeness (QED) is 0.275. The van der Waals surface area contributed by atoms with Crippen molar-refractivity contribution in [3.8, 4) is 11.6 Å². The van der Waals surface area contributed by atoms with E-state index < -0.39 is 22.5 Å². The zero-order valence-electron chi connectivity index (χ0n) is 18.6. The predicted octanol–water partition coefficient (Wildman–Crippen LogP) is 5.54. The van der Waals surface area contributed by atoms with Gasteiger partial charge in [0.05, 0.1) is 22.7 Å². The second-order valence-corrected chi connectivity index (χ2v) is 10.1. The van der Waals surface area contributed by atoms with Crippen molar-refractivity contribution in [3.05, 3.63) is 77.3 Å². The summed E-state index contributed by atoms with van der Waals surface area (Å²) in [6, 6.07) is 19.4. The summed E-state index contributed by atoms with van der Waals surface area (Å²) in [7, 11) is -4.11. The van der Waals surface area contributed by atoms with Gasteiger partial charge in [0.1, 0.15) is 12.3 Å². The van der Waals surface area contributed by atoms with E-state index in [4.69, 9.17) is 4.74 Å². The number of para-hydroxylation sites is 1. The number of nitrogens with zero attached hydrogens (tertiary/aromatic N) is 3. The number of aromatic amines is 1. The standard InChI is InChI=1S/C24H21BrN4O5S/c1-2-34-18-9-11-19(12-10-18)35(32,33)29(17-6-4-3-5-7-17)15-22(30)27-28-23-20-14-16(25)8-13-21(20)26-24(23)31/h3-14,26,31H,2,15H2,1H3. The molecular weight excluding hydrogens is 536 g/mol. The summed E-state index contributed by atoms with van der Waals surface area (Å²) in [5.74, 6) is -0.531. The maximum atomic E-state index is 13.4. The number of ether oxygens (including phenoxy) is 1. The number of azo groups is 1. The molecule has 0 saturated carbocycles. The van der Waals surface area contributed by atoms with Gasteiger partial charge in [-0.25, -0.2) is 8.42 Å². The molecular formula is C24H21BrN4O5S. The molecule has 0 spiro atoms. The van der Waals surface area contributed by atoms with Crippen molar-refractivity contribution in [1.29, 1.82) is 0 Å². The topological polar surface area (TPSA) is 124 Å². The third-order valence-corrected chi connectivity index (χ3v) is 7.30. The van der Waals surface area contributed by atoms with Gasteiger partial charge in [-0.05, 0) is 61.5 Å². The van der Waals surface area contributed by atoms with E-state index >= 15 is 0 Å². The highest BCUT2D eigenvalue weighted by Gasteiger charge is 2.27. The van der Waals surface area contributed by atoms with Crippen LogP contribution in [0.15, 0.2) is 92.4 Å². The summed E-state index contributed by atoms with van der Waals surface area (Å²) in [5, 5.41) is 18.3. The zero-order valence-corrected chi connectivity index (χ0v) is 21.0. The number of halogens is 1. The van der Waals surface area contributed by atoms with Gasteiger partial charge in [-0.15, -0.1) is 10.2 Å². The molecule has 35 heavy (non-hydrogen) atoms. The Kier molecular flexibility index (Phi) is 7.17. The normalized spacial score (nSPS) is 11.7. The van der Waals surface area contributed by atoms with Gasteiger partial charge in [0.25, 0.3) is 15.9 Å². The number of amides is 1. The zero-order chi connectivity index (χ0) is 25.0. The van der Waals surface area contributed by atoms with E-state index in [1.807, 2.05) is 6.92 Å². The third-order valence-electron chi connectivity index (χ3n) is 5.02. The molecule has 0 aliphatic heterocycles. The molecule has 2 N–H and O–H groups in total. The fourth-order valence-electron chi connectivity index (χ4n) is 3.41. The van der Waals surface area contributed by atoms with Crippen LogP contribution in [-0.4, -0.2) is 37.6 Å². The molecule has 180 valence electrons. The second kappa shape index (κ2) is 10.3. The summed E-state index contributed by atoms with van der Waals surface area (Å²) in [6.45, 7) is 1.69. The van der Waals surface area contributed by atoms with Crippen LogP contribution in [0.3, 0.4) is 0 Å². The first-order valence-corrected chi connectivity index (χ1v) is 12.8. The fraction of sp³-hybridized carbons (Fsp3) is 0.125. The summed E-state index contributed by atoms with van der Waals surface area (Å²) in [5.41, 5.74) is 0.982. The first-order chi connectivity index (χ1) is 16.8. The lowest BCUT2D eigenvalue weighted by Gasteiger charge is -2.23. The minimum absolute atomic E-state index is 0.00586. The van der Waals surface area contributed by atoms with Gasteiger partial charge in [-0.2, -0.15) is 0 Å². The Morgan fingerprint density at radius 3 is 2.49 bits per heavy atom. The van der Waals surface area contributed by atoms with Crippen molar-refractivity contribution in [2.45, 2.75) is 11.8 Å². The van der Waals surface area contributed by atoms with E-state index in [0.717, 1.165) is 8.78 Å². The lowest BCUT2D eigenvalue weighted by atomic mass is 10.2. The Balaban J connectivity index is 1.64. The SMILES string of the molecule is CCOc1ccc(S(=O)(=O)N(CC(=O)N=Nc2c(O)[nH]c3ccc(Br)cc23)c2ccccc2)cc1. The van der Waals surface area contributed by atoms with E-state index in [1.165, 1.54) is 12.1 Å². The van der Waals surface area contributed by atoms with E-state index in [1.54, 1.807) is 60.7 Å². The fourth-order valence-corrected chi connectivity index (χ4v) is 5.18. The third kappa shape index (κ3) is 5.36. The molecule has 0 fully saturated rings. The molecule has 0 radical (unpaired) electrons. The molecule has 0 atom stereocenters. The molecule has 9 nitrogen and oxygen atoms in total. The molecule has 4 rings (SSSR count). The number of sulfonamides is 1. The van der Waals surface area contributed by atoms with Crippen LogP contribution in [0.25, 0.3) is 10.9 Å². The molecule has 1 heterocycles. The number of aromatic hydroxyl groups is 1. The molecule has 0 unspecified atom stereocenters. The van der Waals surface area contributed by atoms with Crippen LogP contribution in [0, 0.1) is 0 Å². The minimum Gasteiger partial charge on any atom is -0.494 e. The Labute approximate surface area is 210 Å². The van der Waals surface area contributed by atoms with Gasteiger partial charge in [-0.1, -0.05) is 34.1 Å².